The van der Waals surface area contributed by atoms with Gasteiger partial charge in [0.05, 0.1) is 5.92 Å². The maximum Gasteiger partial charge on any atom is 0.391 e. The molecule has 2 aliphatic carbocycles. The van der Waals surface area contributed by atoms with Gasteiger partial charge in [-0.2, -0.15) is 13.2 Å². The Labute approximate surface area is 121 Å². The lowest BCUT2D eigenvalue weighted by atomic mass is 9.80. The number of aliphatic carboxylic acids is 1. The number of carboxylic acids is 1. The summed E-state index contributed by atoms with van der Waals surface area (Å²) in [6, 6.07) is 0. The van der Waals surface area contributed by atoms with E-state index in [2.05, 4.69) is 0 Å². The second-order valence-corrected chi connectivity index (χ2v) is 6.16. The maximum absolute atomic E-state index is 12.8. The Kier molecular flexibility index (Phi) is 4.78. The molecule has 0 bridgehead atoms. The predicted molar refractivity (Wildman–Crippen MR) is 68.4 cm³/mol. The summed E-state index contributed by atoms with van der Waals surface area (Å²) >= 11 is 0. The lowest BCUT2D eigenvalue weighted by Crippen LogP contribution is -2.43. The summed E-state index contributed by atoms with van der Waals surface area (Å²) in [5.74, 6) is -3.35. The van der Waals surface area contributed by atoms with Crippen LogP contribution >= 0.6 is 0 Å². The average Bonchev–Trinajstić information content (AvgIpc) is 3.20. The molecule has 2 aliphatic rings. The van der Waals surface area contributed by atoms with Crippen molar-refractivity contribution >= 4 is 11.9 Å². The molecule has 1 N–H and O–H groups in total. The number of carbonyl (C=O) groups excluding carboxylic acids is 1. The third-order valence-electron chi connectivity index (χ3n) is 4.30. The van der Waals surface area contributed by atoms with Crippen LogP contribution in [0.2, 0.25) is 0 Å². The van der Waals surface area contributed by atoms with Crippen LogP contribution in [0.4, 0.5) is 13.2 Å². The van der Waals surface area contributed by atoms with Crippen molar-refractivity contribution < 1.29 is 27.9 Å². The number of rotatable bonds is 5. The molecule has 2 unspecified atom stereocenters. The zero-order valence-corrected chi connectivity index (χ0v) is 11.7. The number of halogens is 3. The number of hydrogen-bond acceptors (Lipinski definition) is 2. The molecular formula is C14H20F3NO3. The highest BCUT2D eigenvalue weighted by Gasteiger charge is 2.44. The largest absolute Gasteiger partial charge is 0.480 e. The molecule has 0 saturated heterocycles. The second kappa shape index (κ2) is 6.23. The fraction of sp³-hybridized carbons (Fsp3) is 0.857. The van der Waals surface area contributed by atoms with Crippen molar-refractivity contribution in [3.8, 4) is 0 Å². The zero-order valence-electron chi connectivity index (χ0n) is 11.7. The molecule has 0 aromatic rings. The van der Waals surface area contributed by atoms with E-state index < -0.39 is 36.4 Å². The van der Waals surface area contributed by atoms with Crippen molar-refractivity contribution in [3.05, 3.63) is 0 Å². The standard InChI is InChI=1S/C14H20F3NO3/c15-14(16,17)11-3-1-2-10(6-11)13(21)18(8-12(19)20)7-9-4-5-9/h9-11H,1-8H2,(H,19,20). The molecule has 21 heavy (non-hydrogen) atoms. The fourth-order valence-corrected chi connectivity index (χ4v) is 2.98. The monoisotopic (exact) mass is 307 g/mol. The van der Waals surface area contributed by atoms with Crippen LogP contribution in [0.15, 0.2) is 0 Å². The summed E-state index contributed by atoms with van der Waals surface area (Å²) in [4.78, 5) is 24.5. The SMILES string of the molecule is O=C(O)CN(CC1CC1)C(=O)C1CCCC(C(F)(F)F)C1. The third kappa shape index (κ3) is 4.61. The van der Waals surface area contributed by atoms with Gasteiger partial charge in [0.2, 0.25) is 5.91 Å². The Bertz CT molecular complexity index is 407. The molecule has 2 atom stereocenters. The van der Waals surface area contributed by atoms with Crippen LogP contribution in [0.3, 0.4) is 0 Å². The van der Waals surface area contributed by atoms with Gasteiger partial charge in [0.1, 0.15) is 6.54 Å². The van der Waals surface area contributed by atoms with E-state index in [1.165, 1.54) is 4.90 Å². The highest BCUT2D eigenvalue weighted by atomic mass is 19.4. The molecule has 2 fully saturated rings. The summed E-state index contributed by atoms with van der Waals surface area (Å²) in [5.41, 5.74) is 0. The zero-order chi connectivity index (χ0) is 15.6. The molecule has 120 valence electrons. The van der Waals surface area contributed by atoms with E-state index >= 15 is 0 Å². The van der Waals surface area contributed by atoms with E-state index in [1.54, 1.807) is 0 Å². The first-order valence-corrected chi connectivity index (χ1v) is 7.34. The molecule has 0 spiro atoms. The maximum atomic E-state index is 12.8. The van der Waals surface area contributed by atoms with Gasteiger partial charge in [-0.05, 0) is 38.0 Å². The molecule has 0 aliphatic heterocycles. The number of amides is 1. The van der Waals surface area contributed by atoms with Gasteiger partial charge in [0.15, 0.2) is 0 Å². The van der Waals surface area contributed by atoms with Crippen LogP contribution in [-0.4, -0.2) is 41.1 Å². The summed E-state index contributed by atoms with van der Waals surface area (Å²) in [6.07, 6.45) is -1.71. The van der Waals surface area contributed by atoms with E-state index in [0.717, 1.165) is 12.8 Å². The van der Waals surface area contributed by atoms with E-state index in [-0.39, 0.29) is 12.8 Å². The fourth-order valence-electron chi connectivity index (χ4n) is 2.98. The summed E-state index contributed by atoms with van der Waals surface area (Å²) in [5, 5.41) is 8.87. The van der Waals surface area contributed by atoms with Crippen molar-refractivity contribution in [3.63, 3.8) is 0 Å². The average molecular weight is 307 g/mol. The predicted octanol–water partition coefficient (Wildman–Crippen LogP) is 2.68. The van der Waals surface area contributed by atoms with Gasteiger partial charge in [0.25, 0.3) is 0 Å². The number of carboxylic acid groups (broad SMARTS) is 1. The summed E-state index contributed by atoms with van der Waals surface area (Å²) < 4.78 is 38.4. The van der Waals surface area contributed by atoms with Gasteiger partial charge in [-0.3, -0.25) is 9.59 Å². The van der Waals surface area contributed by atoms with Crippen molar-refractivity contribution in [1.29, 1.82) is 0 Å². The minimum atomic E-state index is -4.27. The van der Waals surface area contributed by atoms with Gasteiger partial charge >= 0.3 is 12.1 Å². The first-order chi connectivity index (χ1) is 9.77. The van der Waals surface area contributed by atoms with Crippen LogP contribution in [0.1, 0.15) is 38.5 Å². The number of alkyl halides is 3. The number of nitrogens with zero attached hydrogens (tertiary/aromatic N) is 1. The minimum Gasteiger partial charge on any atom is -0.480 e. The van der Waals surface area contributed by atoms with Gasteiger partial charge in [-0.1, -0.05) is 6.42 Å². The Morgan fingerprint density at radius 3 is 2.33 bits per heavy atom. The molecule has 7 heteroatoms. The topological polar surface area (TPSA) is 57.6 Å². The van der Waals surface area contributed by atoms with Crippen LogP contribution in [0.25, 0.3) is 0 Å². The molecular weight excluding hydrogens is 287 g/mol. The Morgan fingerprint density at radius 2 is 1.81 bits per heavy atom. The van der Waals surface area contributed by atoms with Crippen molar-refractivity contribution in [2.24, 2.45) is 17.8 Å². The van der Waals surface area contributed by atoms with Crippen LogP contribution in [0.5, 0.6) is 0 Å². The molecule has 0 heterocycles. The first-order valence-electron chi connectivity index (χ1n) is 7.34. The van der Waals surface area contributed by atoms with Crippen molar-refractivity contribution in [2.45, 2.75) is 44.7 Å². The summed E-state index contributed by atoms with van der Waals surface area (Å²) in [6.45, 7) is -0.0547. The number of hydrogen-bond donors (Lipinski definition) is 1. The Morgan fingerprint density at radius 1 is 1.14 bits per heavy atom. The van der Waals surface area contributed by atoms with Gasteiger partial charge < -0.3 is 10.0 Å². The number of carbonyl (C=O) groups is 2. The normalized spacial score (nSPS) is 26.4. The Balaban J connectivity index is 1.99. The summed E-state index contributed by atoms with van der Waals surface area (Å²) in [7, 11) is 0. The lowest BCUT2D eigenvalue weighted by Gasteiger charge is -2.33. The quantitative estimate of drug-likeness (QED) is 0.849. The molecule has 0 radical (unpaired) electrons. The lowest BCUT2D eigenvalue weighted by molar-refractivity contribution is -0.187. The molecule has 0 aromatic carbocycles. The van der Waals surface area contributed by atoms with Gasteiger partial charge in [-0.25, -0.2) is 0 Å². The van der Waals surface area contributed by atoms with Crippen LogP contribution < -0.4 is 0 Å². The first kappa shape index (κ1) is 16.1. The van der Waals surface area contributed by atoms with E-state index in [4.69, 9.17) is 5.11 Å². The molecule has 4 nitrogen and oxygen atoms in total. The second-order valence-electron chi connectivity index (χ2n) is 6.16. The van der Waals surface area contributed by atoms with E-state index in [0.29, 0.717) is 25.3 Å². The van der Waals surface area contributed by atoms with Crippen molar-refractivity contribution in [2.75, 3.05) is 13.1 Å². The third-order valence-corrected chi connectivity index (χ3v) is 4.30. The highest BCUT2D eigenvalue weighted by Crippen LogP contribution is 2.40. The van der Waals surface area contributed by atoms with Gasteiger partial charge in [-0.15, -0.1) is 0 Å². The molecule has 0 aromatic heterocycles. The van der Waals surface area contributed by atoms with Crippen LogP contribution in [-0.2, 0) is 9.59 Å². The van der Waals surface area contributed by atoms with Crippen molar-refractivity contribution in [1.82, 2.24) is 4.90 Å². The molecule has 2 rings (SSSR count). The van der Waals surface area contributed by atoms with Crippen LogP contribution in [0, 0.1) is 17.8 Å². The minimum absolute atomic E-state index is 0.0643. The molecule has 2 saturated carbocycles. The highest BCUT2D eigenvalue weighted by molar-refractivity contribution is 5.83. The van der Waals surface area contributed by atoms with E-state index in [1.807, 2.05) is 0 Å². The van der Waals surface area contributed by atoms with E-state index in [9.17, 15) is 22.8 Å². The van der Waals surface area contributed by atoms with Gasteiger partial charge in [0, 0.05) is 12.5 Å². The molecule has 1 amide bonds. The Hall–Kier alpha value is -1.27. The smallest absolute Gasteiger partial charge is 0.391 e.